The Bertz CT molecular complexity index is 462. The molecule has 2 rings (SSSR count). The molecule has 0 aromatic heterocycles. The van der Waals surface area contributed by atoms with Crippen LogP contribution >= 0.6 is 0 Å². The van der Waals surface area contributed by atoms with Crippen molar-refractivity contribution in [2.45, 2.75) is 51.5 Å². The van der Waals surface area contributed by atoms with E-state index in [2.05, 4.69) is 12.2 Å². The molecule has 4 nitrogen and oxygen atoms in total. The fourth-order valence-corrected chi connectivity index (χ4v) is 2.80. The summed E-state index contributed by atoms with van der Waals surface area (Å²) in [5.41, 5.74) is 6.35. The zero-order valence-corrected chi connectivity index (χ0v) is 12.8. The molecule has 2 unspecified atom stereocenters. The third-order valence-electron chi connectivity index (χ3n) is 4.08. The van der Waals surface area contributed by atoms with E-state index in [4.69, 9.17) is 10.5 Å². The van der Waals surface area contributed by atoms with Crippen LogP contribution in [0.15, 0.2) is 24.3 Å². The number of nitrogens with two attached hydrogens (primary N) is 1. The number of rotatable bonds is 5. The van der Waals surface area contributed by atoms with Crippen molar-refractivity contribution < 1.29 is 9.53 Å². The summed E-state index contributed by atoms with van der Waals surface area (Å²) < 4.78 is 5.55. The van der Waals surface area contributed by atoms with Gasteiger partial charge in [-0.1, -0.05) is 25.8 Å². The minimum Gasteiger partial charge on any atom is -0.493 e. The molecule has 3 N–H and O–H groups in total. The predicted molar refractivity (Wildman–Crippen MR) is 85.1 cm³/mol. The number of amides is 1. The number of anilines is 1. The third-order valence-corrected chi connectivity index (χ3v) is 4.08. The van der Waals surface area contributed by atoms with Crippen LogP contribution in [-0.4, -0.2) is 18.6 Å². The van der Waals surface area contributed by atoms with Crippen LogP contribution in [0.1, 0.15) is 45.4 Å². The number of carbonyl (C=O) groups is 1. The monoisotopic (exact) mass is 290 g/mol. The normalized spacial score (nSPS) is 22.3. The smallest absolute Gasteiger partial charge is 0.223 e. The summed E-state index contributed by atoms with van der Waals surface area (Å²) >= 11 is 0. The fraction of sp³-hybridized carbons (Fsp3) is 0.588. The van der Waals surface area contributed by atoms with E-state index >= 15 is 0 Å². The van der Waals surface area contributed by atoms with Gasteiger partial charge in [0.1, 0.15) is 5.75 Å². The maximum absolute atomic E-state index is 11.9. The van der Waals surface area contributed by atoms with Crippen molar-refractivity contribution in [3.63, 3.8) is 0 Å². The molecule has 2 atom stereocenters. The highest BCUT2D eigenvalue weighted by molar-refractivity contribution is 5.76. The molecule has 1 fully saturated rings. The van der Waals surface area contributed by atoms with Crippen LogP contribution in [0.5, 0.6) is 5.75 Å². The van der Waals surface area contributed by atoms with E-state index in [9.17, 15) is 4.79 Å². The first-order valence-electron chi connectivity index (χ1n) is 7.91. The van der Waals surface area contributed by atoms with Gasteiger partial charge < -0.3 is 15.8 Å². The standard InChI is InChI=1S/C17H26N2O2/c1-13-4-2-6-15(9-8-13)19-17(20)10-11-21-16-7-3-5-14(18)12-16/h3,5,7,12-13,15H,2,4,6,8-11,18H2,1H3,(H,19,20). The van der Waals surface area contributed by atoms with Crippen LogP contribution in [0.25, 0.3) is 0 Å². The van der Waals surface area contributed by atoms with Gasteiger partial charge in [-0.15, -0.1) is 0 Å². The number of nitrogen functional groups attached to an aromatic ring is 1. The maximum atomic E-state index is 11.9. The van der Waals surface area contributed by atoms with Crippen LogP contribution in [0.3, 0.4) is 0 Å². The number of nitrogens with one attached hydrogen (secondary N) is 1. The quantitative estimate of drug-likeness (QED) is 0.647. The largest absolute Gasteiger partial charge is 0.493 e. The molecular weight excluding hydrogens is 264 g/mol. The average Bonchev–Trinajstić information content (AvgIpc) is 2.64. The molecule has 0 saturated heterocycles. The van der Waals surface area contributed by atoms with Gasteiger partial charge in [0.05, 0.1) is 13.0 Å². The van der Waals surface area contributed by atoms with E-state index in [0.29, 0.717) is 30.5 Å². The first kappa shape index (κ1) is 15.7. The number of benzene rings is 1. The molecule has 1 aromatic rings. The molecule has 0 radical (unpaired) electrons. The summed E-state index contributed by atoms with van der Waals surface area (Å²) in [5, 5.41) is 3.13. The van der Waals surface area contributed by atoms with Crippen LogP contribution in [0.4, 0.5) is 5.69 Å². The van der Waals surface area contributed by atoms with Gasteiger partial charge in [-0.3, -0.25) is 4.79 Å². The second-order valence-electron chi connectivity index (χ2n) is 6.05. The lowest BCUT2D eigenvalue weighted by Gasteiger charge is -2.16. The number of hydrogen-bond donors (Lipinski definition) is 2. The number of hydrogen-bond acceptors (Lipinski definition) is 3. The molecule has 0 spiro atoms. The topological polar surface area (TPSA) is 64.3 Å². The average molecular weight is 290 g/mol. The molecule has 1 amide bonds. The van der Waals surface area contributed by atoms with Gasteiger partial charge in [0.2, 0.25) is 5.91 Å². The molecule has 0 bridgehead atoms. The number of carbonyl (C=O) groups excluding carboxylic acids is 1. The third kappa shape index (κ3) is 5.66. The van der Waals surface area contributed by atoms with Gasteiger partial charge in [0, 0.05) is 17.8 Å². The lowest BCUT2D eigenvalue weighted by Crippen LogP contribution is -2.35. The molecule has 1 aliphatic rings. The van der Waals surface area contributed by atoms with E-state index in [-0.39, 0.29) is 5.91 Å². The Hall–Kier alpha value is -1.71. The first-order chi connectivity index (χ1) is 10.1. The van der Waals surface area contributed by atoms with Crippen molar-refractivity contribution in [3.8, 4) is 5.75 Å². The van der Waals surface area contributed by atoms with E-state index in [1.54, 1.807) is 6.07 Å². The zero-order chi connectivity index (χ0) is 15.1. The van der Waals surface area contributed by atoms with Gasteiger partial charge in [-0.25, -0.2) is 0 Å². The Morgan fingerprint density at radius 1 is 1.33 bits per heavy atom. The summed E-state index contributed by atoms with van der Waals surface area (Å²) in [6.45, 7) is 2.68. The van der Waals surface area contributed by atoms with Crippen molar-refractivity contribution in [2.24, 2.45) is 5.92 Å². The van der Waals surface area contributed by atoms with E-state index in [1.807, 2.05) is 18.2 Å². The highest BCUT2D eigenvalue weighted by Gasteiger charge is 2.17. The van der Waals surface area contributed by atoms with Crippen molar-refractivity contribution in [1.29, 1.82) is 0 Å². The van der Waals surface area contributed by atoms with Crippen molar-refractivity contribution in [1.82, 2.24) is 5.32 Å². The molecule has 4 heteroatoms. The minimum atomic E-state index is 0.0819. The lowest BCUT2D eigenvalue weighted by molar-refractivity contribution is -0.122. The summed E-state index contributed by atoms with van der Waals surface area (Å²) in [6.07, 6.45) is 6.30. The van der Waals surface area contributed by atoms with Gasteiger partial charge in [0.25, 0.3) is 0 Å². The molecule has 1 aromatic carbocycles. The summed E-state index contributed by atoms with van der Waals surface area (Å²) in [4.78, 5) is 11.9. The molecule has 0 aliphatic heterocycles. The van der Waals surface area contributed by atoms with E-state index in [0.717, 1.165) is 18.8 Å². The first-order valence-corrected chi connectivity index (χ1v) is 7.91. The van der Waals surface area contributed by atoms with Crippen LogP contribution in [0.2, 0.25) is 0 Å². The van der Waals surface area contributed by atoms with E-state index in [1.165, 1.54) is 19.3 Å². The van der Waals surface area contributed by atoms with Crippen LogP contribution < -0.4 is 15.8 Å². The highest BCUT2D eigenvalue weighted by atomic mass is 16.5. The lowest BCUT2D eigenvalue weighted by atomic mass is 10.0. The van der Waals surface area contributed by atoms with Gasteiger partial charge in [-0.2, -0.15) is 0 Å². The fourth-order valence-electron chi connectivity index (χ4n) is 2.80. The summed E-state index contributed by atoms with van der Waals surface area (Å²) in [6, 6.07) is 7.62. The Kier molecular flexibility index (Phi) is 5.90. The second-order valence-corrected chi connectivity index (χ2v) is 6.05. The Morgan fingerprint density at radius 3 is 3.00 bits per heavy atom. The van der Waals surface area contributed by atoms with Gasteiger partial charge in [-0.05, 0) is 37.3 Å². The predicted octanol–water partition coefficient (Wildman–Crippen LogP) is 3.12. The number of ether oxygens (including phenoxy) is 1. The van der Waals surface area contributed by atoms with Gasteiger partial charge >= 0.3 is 0 Å². The SMILES string of the molecule is CC1CCCC(NC(=O)CCOc2cccc(N)c2)CC1. The Balaban J connectivity index is 1.67. The van der Waals surface area contributed by atoms with Crippen molar-refractivity contribution in [3.05, 3.63) is 24.3 Å². The van der Waals surface area contributed by atoms with Crippen molar-refractivity contribution in [2.75, 3.05) is 12.3 Å². The molecular formula is C17H26N2O2. The molecule has 0 heterocycles. The van der Waals surface area contributed by atoms with Crippen LogP contribution in [-0.2, 0) is 4.79 Å². The molecule has 21 heavy (non-hydrogen) atoms. The Labute approximate surface area is 127 Å². The maximum Gasteiger partial charge on any atom is 0.223 e. The molecule has 1 aliphatic carbocycles. The Morgan fingerprint density at radius 2 is 2.19 bits per heavy atom. The van der Waals surface area contributed by atoms with Crippen molar-refractivity contribution >= 4 is 11.6 Å². The summed E-state index contributed by atoms with van der Waals surface area (Å²) in [5.74, 6) is 1.59. The summed E-state index contributed by atoms with van der Waals surface area (Å²) in [7, 11) is 0. The van der Waals surface area contributed by atoms with E-state index < -0.39 is 0 Å². The molecule has 116 valence electrons. The second kappa shape index (κ2) is 7.91. The molecule has 1 saturated carbocycles. The zero-order valence-electron chi connectivity index (χ0n) is 12.8. The van der Waals surface area contributed by atoms with Crippen LogP contribution in [0, 0.1) is 5.92 Å². The van der Waals surface area contributed by atoms with Gasteiger partial charge in [0.15, 0.2) is 0 Å². The minimum absolute atomic E-state index is 0.0819. The highest BCUT2D eigenvalue weighted by Crippen LogP contribution is 2.22.